The van der Waals surface area contributed by atoms with Crippen molar-refractivity contribution in [3.05, 3.63) is 24.3 Å². The van der Waals surface area contributed by atoms with Crippen molar-refractivity contribution in [1.82, 2.24) is 0 Å². The van der Waals surface area contributed by atoms with Crippen LogP contribution in [0, 0.1) is 6.07 Å². The maximum Gasteiger partial charge on any atom is 0.101 e. The van der Waals surface area contributed by atoms with Gasteiger partial charge in [-0.25, -0.2) is 4.40 Å². The number of fused-ring (bicyclic) bond motifs is 1. The summed E-state index contributed by atoms with van der Waals surface area (Å²) >= 11 is 1.46. The molecule has 2 nitrogen and oxygen atoms in total. The van der Waals surface area contributed by atoms with Crippen LogP contribution in [0.5, 0.6) is 0 Å². The number of benzene rings is 1. The topological polar surface area (TPSA) is 24.4 Å². The molecule has 3 heteroatoms. The average Bonchev–Trinajstić information content (AvgIpc) is 2.05. The van der Waals surface area contributed by atoms with Gasteiger partial charge in [0.1, 0.15) is 6.34 Å². The highest BCUT2D eigenvalue weighted by Crippen LogP contribution is 2.29. The summed E-state index contributed by atoms with van der Waals surface area (Å²) in [5.74, 6) is 0. The SMILES string of the molecule is [c]1ccc2c(c1)SN=CN2. The summed E-state index contributed by atoms with van der Waals surface area (Å²) in [6, 6.07) is 8.77. The smallest absolute Gasteiger partial charge is 0.101 e. The molecule has 0 aliphatic carbocycles. The Hall–Kier alpha value is -0.960. The average molecular weight is 149 g/mol. The minimum absolute atomic E-state index is 1.11. The molecule has 0 atom stereocenters. The molecule has 0 fully saturated rings. The molecular weight excluding hydrogens is 144 g/mol. The Morgan fingerprint density at radius 2 is 2.60 bits per heavy atom. The molecule has 0 aromatic heterocycles. The van der Waals surface area contributed by atoms with Gasteiger partial charge in [-0.3, -0.25) is 0 Å². The monoisotopic (exact) mass is 149 g/mol. The molecule has 2 rings (SSSR count). The molecule has 1 radical (unpaired) electrons. The molecule has 49 valence electrons. The van der Waals surface area contributed by atoms with Gasteiger partial charge < -0.3 is 5.32 Å². The number of hydrogen-bond donors (Lipinski definition) is 1. The van der Waals surface area contributed by atoms with E-state index < -0.39 is 0 Å². The van der Waals surface area contributed by atoms with Crippen LogP contribution in [0.3, 0.4) is 0 Å². The van der Waals surface area contributed by atoms with E-state index in [0.717, 1.165) is 10.6 Å². The maximum absolute atomic E-state index is 3.98. The van der Waals surface area contributed by atoms with Crippen LogP contribution in [-0.2, 0) is 0 Å². The van der Waals surface area contributed by atoms with Crippen LogP contribution in [0.1, 0.15) is 0 Å². The summed E-state index contributed by atoms with van der Waals surface area (Å²) in [6.45, 7) is 0. The lowest BCUT2D eigenvalue weighted by Gasteiger charge is -2.08. The molecular formula is C7H5N2S. The number of nitrogens with one attached hydrogen (secondary N) is 1. The van der Waals surface area contributed by atoms with Crippen LogP contribution < -0.4 is 5.32 Å². The van der Waals surface area contributed by atoms with Crippen LogP contribution in [-0.4, -0.2) is 6.34 Å². The molecule has 1 aromatic rings. The number of anilines is 1. The van der Waals surface area contributed by atoms with Crippen molar-refractivity contribution >= 4 is 24.0 Å². The van der Waals surface area contributed by atoms with Gasteiger partial charge in [0, 0.05) is 11.9 Å². The summed E-state index contributed by atoms with van der Waals surface area (Å²) in [5.41, 5.74) is 1.11. The van der Waals surface area contributed by atoms with E-state index in [1.54, 1.807) is 6.34 Å². The maximum atomic E-state index is 3.98. The van der Waals surface area contributed by atoms with Crippen LogP contribution in [0.4, 0.5) is 5.69 Å². The van der Waals surface area contributed by atoms with E-state index in [0.29, 0.717) is 0 Å². The highest BCUT2D eigenvalue weighted by atomic mass is 32.2. The fourth-order valence-electron chi connectivity index (χ4n) is 0.789. The number of rotatable bonds is 0. The lowest BCUT2D eigenvalue weighted by molar-refractivity contribution is 1.42. The first-order chi connectivity index (χ1) is 4.97. The predicted molar refractivity (Wildman–Crippen MR) is 43.2 cm³/mol. The Labute approximate surface area is 63.5 Å². The van der Waals surface area contributed by atoms with Gasteiger partial charge in [0.2, 0.25) is 0 Å². The molecule has 0 spiro atoms. The van der Waals surface area contributed by atoms with Crippen molar-refractivity contribution in [2.24, 2.45) is 4.40 Å². The van der Waals surface area contributed by atoms with Crippen molar-refractivity contribution in [3.8, 4) is 0 Å². The van der Waals surface area contributed by atoms with E-state index in [1.165, 1.54) is 11.9 Å². The van der Waals surface area contributed by atoms with Crippen molar-refractivity contribution < 1.29 is 0 Å². The van der Waals surface area contributed by atoms with Gasteiger partial charge in [-0.1, -0.05) is 6.07 Å². The van der Waals surface area contributed by atoms with Gasteiger partial charge in [0.15, 0.2) is 0 Å². The Balaban J connectivity index is 2.47. The van der Waals surface area contributed by atoms with Crippen LogP contribution in [0.2, 0.25) is 0 Å². The van der Waals surface area contributed by atoms with E-state index in [1.807, 2.05) is 18.2 Å². The van der Waals surface area contributed by atoms with Gasteiger partial charge in [0.25, 0.3) is 0 Å². The van der Waals surface area contributed by atoms with Gasteiger partial charge in [0.05, 0.1) is 10.6 Å². The highest BCUT2D eigenvalue weighted by molar-refractivity contribution is 7.98. The van der Waals surface area contributed by atoms with Crippen molar-refractivity contribution in [3.63, 3.8) is 0 Å². The van der Waals surface area contributed by atoms with Crippen molar-refractivity contribution in [2.45, 2.75) is 4.90 Å². The Morgan fingerprint density at radius 3 is 3.50 bits per heavy atom. The summed E-state index contributed by atoms with van der Waals surface area (Å²) < 4.78 is 3.98. The Morgan fingerprint density at radius 1 is 1.60 bits per heavy atom. The van der Waals surface area contributed by atoms with Gasteiger partial charge in [-0.2, -0.15) is 0 Å². The second-order valence-corrected chi connectivity index (χ2v) is 2.73. The van der Waals surface area contributed by atoms with Gasteiger partial charge in [-0.05, 0) is 18.2 Å². The normalized spacial score (nSPS) is 14.0. The minimum atomic E-state index is 1.11. The lowest BCUT2D eigenvalue weighted by Crippen LogP contribution is -1.98. The molecule has 10 heavy (non-hydrogen) atoms. The predicted octanol–water partition coefficient (Wildman–Crippen LogP) is 1.95. The zero-order valence-corrected chi connectivity index (χ0v) is 5.98. The quantitative estimate of drug-likeness (QED) is 0.570. The van der Waals surface area contributed by atoms with E-state index in [-0.39, 0.29) is 0 Å². The molecule has 1 heterocycles. The van der Waals surface area contributed by atoms with Gasteiger partial charge >= 0.3 is 0 Å². The molecule has 1 N–H and O–H groups in total. The molecule has 1 aromatic carbocycles. The van der Waals surface area contributed by atoms with Crippen molar-refractivity contribution in [2.75, 3.05) is 5.32 Å². The zero-order valence-electron chi connectivity index (χ0n) is 5.16. The first-order valence-electron chi connectivity index (χ1n) is 2.92. The minimum Gasteiger partial charge on any atom is -0.345 e. The largest absolute Gasteiger partial charge is 0.345 e. The highest BCUT2D eigenvalue weighted by Gasteiger charge is 2.02. The van der Waals surface area contributed by atoms with E-state index in [9.17, 15) is 0 Å². The van der Waals surface area contributed by atoms with Gasteiger partial charge in [-0.15, -0.1) is 0 Å². The summed E-state index contributed by atoms with van der Waals surface area (Å²) in [7, 11) is 0. The van der Waals surface area contributed by atoms with E-state index in [2.05, 4.69) is 15.8 Å². The van der Waals surface area contributed by atoms with Crippen LogP contribution in [0.15, 0.2) is 27.5 Å². The summed E-state index contributed by atoms with van der Waals surface area (Å²) in [5, 5.41) is 3.03. The third-order valence-electron chi connectivity index (χ3n) is 1.25. The molecule has 0 saturated carbocycles. The van der Waals surface area contributed by atoms with E-state index >= 15 is 0 Å². The number of nitrogens with zero attached hydrogens (tertiary/aromatic N) is 1. The Kier molecular flexibility index (Phi) is 1.36. The van der Waals surface area contributed by atoms with Crippen LogP contribution in [0.25, 0.3) is 0 Å². The molecule has 0 bridgehead atoms. The first kappa shape index (κ1) is 5.80. The third kappa shape index (κ3) is 0.885. The van der Waals surface area contributed by atoms with E-state index in [4.69, 9.17) is 0 Å². The molecule has 0 saturated heterocycles. The standard InChI is InChI=1S/C7H5N2S/c1-2-4-7-6(3-1)8-5-9-10-7/h1,3-5H,(H,8,9). The van der Waals surface area contributed by atoms with Crippen molar-refractivity contribution in [1.29, 1.82) is 0 Å². The van der Waals surface area contributed by atoms with Crippen LogP contribution >= 0.6 is 11.9 Å². The molecule has 1 aliphatic rings. The lowest BCUT2D eigenvalue weighted by atomic mass is 10.3. The Bertz CT molecular complexity index is 243. The molecule has 0 amide bonds. The summed E-state index contributed by atoms with van der Waals surface area (Å²) in [4.78, 5) is 1.13. The second kappa shape index (κ2) is 2.34. The zero-order chi connectivity index (χ0) is 6.81. The fraction of sp³-hybridized carbons (Fsp3) is 0. The second-order valence-electron chi connectivity index (χ2n) is 1.89. The fourth-order valence-corrected chi connectivity index (χ4v) is 1.35. The molecule has 1 aliphatic heterocycles. The molecule has 0 unspecified atom stereocenters. The first-order valence-corrected chi connectivity index (χ1v) is 3.70. The summed E-state index contributed by atoms with van der Waals surface area (Å²) in [6.07, 6.45) is 1.69. The third-order valence-corrected chi connectivity index (χ3v) is 2.00. The number of hydrogen-bond acceptors (Lipinski definition) is 3.